The van der Waals surface area contributed by atoms with Gasteiger partial charge in [-0.3, -0.25) is 4.98 Å². The van der Waals surface area contributed by atoms with Crippen molar-refractivity contribution in [3.05, 3.63) is 60.2 Å². The summed E-state index contributed by atoms with van der Waals surface area (Å²) < 4.78 is 13.3. The highest BCUT2D eigenvalue weighted by atomic mass is 127. The van der Waals surface area contributed by atoms with E-state index in [-0.39, 0.29) is 48.0 Å². The van der Waals surface area contributed by atoms with Crippen molar-refractivity contribution in [1.29, 1.82) is 0 Å². The van der Waals surface area contributed by atoms with Crippen molar-refractivity contribution in [2.75, 3.05) is 5.32 Å². The van der Waals surface area contributed by atoms with E-state index in [9.17, 15) is 4.39 Å². The average Bonchev–Trinajstić information content (AvgIpc) is 2.39. The number of hydrogen-bond acceptors (Lipinski definition) is 2. The highest BCUT2D eigenvalue weighted by Crippen LogP contribution is 2.06. The van der Waals surface area contributed by atoms with E-state index in [0.29, 0.717) is 0 Å². The second kappa shape index (κ2) is 7.67. The van der Waals surface area contributed by atoms with Crippen molar-refractivity contribution >= 4 is 35.6 Å². The number of nitrogens with zero attached hydrogens (tertiary/aromatic N) is 2. The molecule has 0 atom stereocenters. The van der Waals surface area contributed by atoms with Crippen LogP contribution in [0.4, 0.5) is 10.1 Å². The summed E-state index contributed by atoms with van der Waals surface area (Å²) in [4.78, 5) is 7.92. The van der Waals surface area contributed by atoms with Gasteiger partial charge in [0.25, 0.3) is 0 Å². The van der Waals surface area contributed by atoms with Crippen LogP contribution in [0.25, 0.3) is 0 Å². The summed E-state index contributed by atoms with van der Waals surface area (Å²) in [5.41, 5.74) is 6.80. The van der Waals surface area contributed by atoms with Gasteiger partial charge >= 0.3 is 0 Å². The average molecular weight is 372 g/mol. The molecular formula is C13H14FIN4. The quantitative estimate of drug-likeness (QED) is 0.495. The molecule has 19 heavy (non-hydrogen) atoms. The molecule has 0 radical (unpaired) electrons. The van der Waals surface area contributed by atoms with Crippen LogP contribution < -0.4 is 11.1 Å². The molecule has 0 aliphatic carbocycles. The number of halogens is 2. The molecule has 0 amide bonds. The van der Waals surface area contributed by atoms with E-state index in [1.165, 1.54) is 18.3 Å². The molecule has 0 saturated carbocycles. The van der Waals surface area contributed by atoms with E-state index in [2.05, 4.69) is 15.3 Å². The smallest absolute Gasteiger partial charge is 0.193 e. The monoisotopic (exact) mass is 372 g/mol. The standard InChI is InChI=1S/C13H13FN4.HI/c14-11-7-4-8-16-12(11)9-17-13(15)18-10-5-2-1-3-6-10;/h1-8H,9H2,(H3,15,17,18);1H. The van der Waals surface area contributed by atoms with E-state index in [4.69, 9.17) is 5.73 Å². The number of hydrogen-bond donors (Lipinski definition) is 2. The second-order valence-electron chi connectivity index (χ2n) is 3.62. The maximum atomic E-state index is 13.3. The number of benzene rings is 1. The molecule has 1 heterocycles. The van der Waals surface area contributed by atoms with Gasteiger partial charge < -0.3 is 11.1 Å². The Morgan fingerprint density at radius 2 is 1.95 bits per heavy atom. The number of nitrogens with two attached hydrogens (primary N) is 1. The predicted molar refractivity (Wildman–Crippen MR) is 85.0 cm³/mol. The van der Waals surface area contributed by atoms with Gasteiger partial charge in [0.1, 0.15) is 5.82 Å². The summed E-state index contributed by atoms with van der Waals surface area (Å²) in [6.45, 7) is 0.109. The summed E-state index contributed by atoms with van der Waals surface area (Å²) in [5.74, 6) is -0.153. The van der Waals surface area contributed by atoms with Crippen LogP contribution in [0.15, 0.2) is 53.7 Å². The van der Waals surface area contributed by atoms with E-state index in [1.54, 1.807) is 0 Å². The van der Waals surface area contributed by atoms with E-state index in [1.807, 2.05) is 30.3 Å². The normalized spacial score (nSPS) is 10.7. The third kappa shape index (κ3) is 4.82. The predicted octanol–water partition coefficient (Wildman–Crippen LogP) is 2.77. The van der Waals surface area contributed by atoms with Gasteiger partial charge in [0.15, 0.2) is 5.96 Å². The minimum atomic E-state index is -0.381. The largest absolute Gasteiger partial charge is 0.370 e. The summed E-state index contributed by atoms with van der Waals surface area (Å²) in [6, 6.07) is 12.3. The molecule has 0 aliphatic heterocycles. The number of guanidine groups is 1. The van der Waals surface area contributed by atoms with E-state index >= 15 is 0 Å². The summed E-state index contributed by atoms with van der Waals surface area (Å²) >= 11 is 0. The van der Waals surface area contributed by atoms with Gasteiger partial charge in [-0.05, 0) is 24.3 Å². The molecule has 1 aromatic carbocycles. The molecule has 4 nitrogen and oxygen atoms in total. The molecule has 6 heteroatoms. The second-order valence-corrected chi connectivity index (χ2v) is 3.62. The lowest BCUT2D eigenvalue weighted by molar-refractivity contribution is 0.600. The van der Waals surface area contributed by atoms with Crippen molar-refractivity contribution < 1.29 is 4.39 Å². The Bertz CT molecular complexity index is 545. The Hall–Kier alpha value is -1.70. The van der Waals surface area contributed by atoms with Crippen LogP contribution in [0.1, 0.15) is 5.69 Å². The number of aromatic nitrogens is 1. The van der Waals surface area contributed by atoms with E-state index < -0.39 is 0 Å². The van der Waals surface area contributed by atoms with Crippen molar-refractivity contribution in [3.63, 3.8) is 0 Å². The van der Waals surface area contributed by atoms with Crippen molar-refractivity contribution in [2.24, 2.45) is 10.7 Å². The number of anilines is 1. The molecule has 0 fully saturated rings. The van der Waals surface area contributed by atoms with Crippen LogP contribution in [-0.2, 0) is 6.54 Å². The highest BCUT2D eigenvalue weighted by Gasteiger charge is 2.01. The number of para-hydroxylation sites is 1. The first-order chi connectivity index (χ1) is 8.75. The van der Waals surface area contributed by atoms with E-state index in [0.717, 1.165) is 5.69 Å². The molecule has 0 unspecified atom stereocenters. The molecule has 0 bridgehead atoms. The first-order valence-corrected chi connectivity index (χ1v) is 5.47. The third-order valence-corrected chi connectivity index (χ3v) is 2.28. The minimum Gasteiger partial charge on any atom is -0.370 e. The number of aliphatic imine (C=N–C) groups is 1. The zero-order valence-electron chi connectivity index (χ0n) is 10.1. The fourth-order valence-electron chi connectivity index (χ4n) is 1.40. The van der Waals surface area contributed by atoms with Crippen LogP contribution in [0, 0.1) is 5.82 Å². The van der Waals surface area contributed by atoms with Gasteiger partial charge in [-0.2, -0.15) is 0 Å². The van der Waals surface area contributed by atoms with Crippen molar-refractivity contribution in [2.45, 2.75) is 6.54 Å². The third-order valence-electron chi connectivity index (χ3n) is 2.28. The zero-order chi connectivity index (χ0) is 12.8. The Labute approximate surface area is 128 Å². The van der Waals surface area contributed by atoms with Gasteiger partial charge in [-0.1, -0.05) is 18.2 Å². The lowest BCUT2D eigenvalue weighted by atomic mass is 10.3. The molecule has 2 rings (SSSR count). The Balaban J connectivity index is 0.00000180. The van der Waals surface area contributed by atoms with Gasteiger partial charge in [0.2, 0.25) is 0 Å². The van der Waals surface area contributed by atoms with Crippen LogP contribution in [0.2, 0.25) is 0 Å². The lowest BCUT2D eigenvalue weighted by Crippen LogP contribution is -2.22. The zero-order valence-corrected chi connectivity index (χ0v) is 12.4. The van der Waals surface area contributed by atoms with Gasteiger partial charge in [-0.25, -0.2) is 9.38 Å². The fraction of sp³-hybridized carbons (Fsp3) is 0.0769. The SMILES string of the molecule is I.NC(=NCc1ncccc1F)Nc1ccccc1. The summed E-state index contributed by atoms with van der Waals surface area (Å²) in [6.07, 6.45) is 1.52. The molecule has 0 aliphatic rings. The molecule has 0 saturated heterocycles. The van der Waals surface area contributed by atoms with Gasteiger partial charge in [0.05, 0.1) is 12.2 Å². The van der Waals surface area contributed by atoms with Gasteiger partial charge in [0, 0.05) is 11.9 Å². The Morgan fingerprint density at radius 1 is 1.21 bits per heavy atom. The maximum absolute atomic E-state index is 13.3. The molecular weight excluding hydrogens is 358 g/mol. The van der Waals surface area contributed by atoms with Crippen LogP contribution >= 0.6 is 24.0 Å². The van der Waals surface area contributed by atoms with Crippen molar-refractivity contribution in [3.8, 4) is 0 Å². The lowest BCUT2D eigenvalue weighted by Gasteiger charge is -2.05. The van der Waals surface area contributed by atoms with Crippen molar-refractivity contribution in [1.82, 2.24) is 4.98 Å². The number of rotatable bonds is 3. The molecule has 100 valence electrons. The van der Waals surface area contributed by atoms with Gasteiger partial charge in [-0.15, -0.1) is 24.0 Å². The first-order valence-electron chi connectivity index (χ1n) is 5.47. The number of nitrogens with one attached hydrogen (secondary N) is 1. The maximum Gasteiger partial charge on any atom is 0.193 e. The summed E-state index contributed by atoms with van der Waals surface area (Å²) in [5, 5.41) is 2.91. The first kappa shape index (κ1) is 15.4. The summed E-state index contributed by atoms with van der Waals surface area (Å²) in [7, 11) is 0. The fourth-order valence-corrected chi connectivity index (χ4v) is 1.40. The molecule has 2 aromatic rings. The van der Waals surface area contributed by atoms with Crippen LogP contribution in [-0.4, -0.2) is 10.9 Å². The topological polar surface area (TPSA) is 63.3 Å². The Morgan fingerprint density at radius 3 is 2.63 bits per heavy atom. The van der Waals surface area contributed by atoms with Crippen LogP contribution in [0.5, 0.6) is 0 Å². The van der Waals surface area contributed by atoms with Crippen LogP contribution in [0.3, 0.4) is 0 Å². The molecule has 1 aromatic heterocycles. The molecule has 3 N–H and O–H groups in total. The highest BCUT2D eigenvalue weighted by molar-refractivity contribution is 14.0. The number of pyridine rings is 1. The minimum absolute atomic E-state index is 0. The Kier molecular flexibility index (Phi) is 6.20. The molecule has 0 spiro atoms.